The molecule has 7 heteroatoms. The molecule has 1 aliphatic carbocycles. The van der Waals surface area contributed by atoms with Crippen molar-refractivity contribution in [3.8, 4) is 11.5 Å². The summed E-state index contributed by atoms with van der Waals surface area (Å²) in [5.41, 5.74) is 3.92. The number of hydrogen-bond donors (Lipinski definition) is 0. The van der Waals surface area contributed by atoms with Crippen LogP contribution in [-0.2, 0) is 34.7 Å². The lowest BCUT2D eigenvalue weighted by atomic mass is 10.1. The Labute approximate surface area is 195 Å². The first-order valence-electron chi connectivity index (χ1n) is 10.7. The highest BCUT2D eigenvalue weighted by molar-refractivity contribution is 7.98. The van der Waals surface area contributed by atoms with Crippen LogP contribution in [-0.4, -0.2) is 19.7 Å². The SMILES string of the molecule is COC(=O)COc1ccc(SCc2ccc(OCc3ccc(F)cc3F)cc2)c2c1CCC2. The van der Waals surface area contributed by atoms with E-state index in [4.69, 9.17) is 9.47 Å². The normalized spacial score (nSPS) is 12.3. The van der Waals surface area contributed by atoms with Crippen molar-refractivity contribution < 1.29 is 27.8 Å². The van der Waals surface area contributed by atoms with Gasteiger partial charge in [-0.1, -0.05) is 12.1 Å². The Bertz CT molecular complexity index is 1130. The van der Waals surface area contributed by atoms with Crippen LogP contribution < -0.4 is 9.47 Å². The monoisotopic (exact) mass is 470 g/mol. The number of thioether (sulfide) groups is 1. The third kappa shape index (κ3) is 5.85. The smallest absolute Gasteiger partial charge is 0.343 e. The predicted molar refractivity (Wildman–Crippen MR) is 123 cm³/mol. The maximum atomic E-state index is 13.7. The van der Waals surface area contributed by atoms with Gasteiger partial charge in [0.25, 0.3) is 0 Å². The molecule has 0 bridgehead atoms. The number of benzene rings is 3. The summed E-state index contributed by atoms with van der Waals surface area (Å²) in [5, 5.41) is 0. The minimum atomic E-state index is -0.614. The van der Waals surface area contributed by atoms with Gasteiger partial charge in [0.15, 0.2) is 6.61 Å². The first kappa shape index (κ1) is 23.1. The molecule has 0 fully saturated rings. The van der Waals surface area contributed by atoms with E-state index in [-0.39, 0.29) is 13.2 Å². The molecule has 3 aromatic carbocycles. The molecule has 0 aliphatic heterocycles. The molecule has 0 radical (unpaired) electrons. The summed E-state index contributed by atoms with van der Waals surface area (Å²) in [4.78, 5) is 12.6. The summed E-state index contributed by atoms with van der Waals surface area (Å²) in [6.07, 6.45) is 3.02. The first-order valence-corrected chi connectivity index (χ1v) is 11.6. The van der Waals surface area contributed by atoms with Crippen molar-refractivity contribution in [1.82, 2.24) is 0 Å². The fourth-order valence-electron chi connectivity index (χ4n) is 3.75. The standard InChI is InChI=1S/C26H24F2O4S/c1-30-26(29)15-32-24-11-12-25(22-4-2-3-21(22)24)33-16-17-5-9-20(10-6-17)31-14-18-7-8-19(27)13-23(18)28/h5-13H,2-4,14-16H2,1H3. The summed E-state index contributed by atoms with van der Waals surface area (Å²) >= 11 is 1.76. The second-order valence-electron chi connectivity index (χ2n) is 7.69. The molecule has 0 heterocycles. The van der Waals surface area contributed by atoms with Crippen LogP contribution in [0.1, 0.15) is 28.7 Å². The average Bonchev–Trinajstić information content (AvgIpc) is 3.32. The molecule has 1 aliphatic rings. The summed E-state index contributed by atoms with van der Waals surface area (Å²) in [6.45, 7) is -0.0472. The summed E-state index contributed by atoms with van der Waals surface area (Å²) in [6, 6.07) is 15.1. The minimum Gasteiger partial charge on any atom is -0.489 e. The van der Waals surface area contributed by atoms with Gasteiger partial charge >= 0.3 is 5.97 Å². The van der Waals surface area contributed by atoms with Gasteiger partial charge in [-0.25, -0.2) is 13.6 Å². The maximum absolute atomic E-state index is 13.7. The number of carbonyl (C=O) groups excluding carboxylic acids is 1. The topological polar surface area (TPSA) is 44.8 Å². The lowest BCUT2D eigenvalue weighted by Gasteiger charge is -2.14. The summed E-state index contributed by atoms with van der Waals surface area (Å²) in [5.74, 6) is 0.568. The van der Waals surface area contributed by atoms with E-state index >= 15 is 0 Å². The van der Waals surface area contributed by atoms with Gasteiger partial charge in [-0.05, 0) is 72.4 Å². The molecule has 0 spiro atoms. The zero-order chi connectivity index (χ0) is 23.2. The van der Waals surface area contributed by atoms with Crippen molar-refractivity contribution in [1.29, 1.82) is 0 Å². The molecule has 0 saturated heterocycles. The second-order valence-corrected chi connectivity index (χ2v) is 8.71. The van der Waals surface area contributed by atoms with Gasteiger partial charge in [-0.15, -0.1) is 11.8 Å². The van der Waals surface area contributed by atoms with Crippen LogP contribution in [0.15, 0.2) is 59.5 Å². The van der Waals surface area contributed by atoms with Crippen LogP contribution in [0.5, 0.6) is 11.5 Å². The van der Waals surface area contributed by atoms with Gasteiger partial charge in [0.2, 0.25) is 0 Å². The number of fused-ring (bicyclic) bond motifs is 1. The molecule has 172 valence electrons. The zero-order valence-electron chi connectivity index (χ0n) is 18.2. The Morgan fingerprint density at radius 2 is 1.76 bits per heavy atom. The van der Waals surface area contributed by atoms with Gasteiger partial charge in [-0.2, -0.15) is 0 Å². The third-order valence-electron chi connectivity index (χ3n) is 5.50. The van der Waals surface area contributed by atoms with E-state index in [0.29, 0.717) is 11.3 Å². The van der Waals surface area contributed by atoms with Crippen LogP contribution in [0, 0.1) is 11.6 Å². The van der Waals surface area contributed by atoms with Gasteiger partial charge in [0.05, 0.1) is 7.11 Å². The van der Waals surface area contributed by atoms with Gasteiger partial charge in [0.1, 0.15) is 29.7 Å². The van der Waals surface area contributed by atoms with E-state index in [1.807, 2.05) is 30.3 Å². The van der Waals surface area contributed by atoms with Crippen LogP contribution in [0.25, 0.3) is 0 Å². The Balaban J connectivity index is 1.34. The molecule has 0 amide bonds. The van der Waals surface area contributed by atoms with Crippen molar-refractivity contribution in [2.75, 3.05) is 13.7 Å². The van der Waals surface area contributed by atoms with Crippen molar-refractivity contribution in [3.63, 3.8) is 0 Å². The number of rotatable bonds is 9. The summed E-state index contributed by atoms with van der Waals surface area (Å²) in [7, 11) is 1.35. The zero-order valence-corrected chi connectivity index (χ0v) is 19.1. The minimum absolute atomic E-state index is 0.0384. The average molecular weight is 471 g/mol. The quantitative estimate of drug-likeness (QED) is 0.289. The molecule has 0 atom stereocenters. The van der Waals surface area contributed by atoms with Crippen LogP contribution in [0.2, 0.25) is 0 Å². The molecular weight excluding hydrogens is 446 g/mol. The van der Waals surface area contributed by atoms with E-state index in [0.717, 1.165) is 42.4 Å². The van der Waals surface area contributed by atoms with Crippen molar-refractivity contribution in [2.45, 2.75) is 36.5 Å². The fourth-order valence-corrected chi connectivity index (χ4v) is 4.83. The Kier molecular flexibility index (Phi) is 7.50. The van der Waals surface area contributed by atoms with Gasteiger partial charge in [0, 0.05) is 22.3 Å². The molecule has 0 N–H and O–H groups in total. The third-order valence-corrected chi connectivity index (χ3v) is 6.67. The Morgan fingerprint density at radius 3 is 2.52 bits per heavy atom. The number of hydrogen-bond acceptors (Lipinski definition) is 5. The largest absolute Gasteiger partial charge is 0.489 e. The number of carbonyl (C=O) groups is 1. The number of halogens is 2. The predicted octanol–water partition coefficient (Wildman–Crippen LogP) is 5.88. The van der Waals surface area contributed by atoms with Crippen LogP contribution >= 0.6 is 11.8 Å². The number of ether oxygens (including phenoxy) is 3. The maximum Gasteiger partial charge on any atom is 0.343 e. The van der Waals surface area contributed by atoms with Gasteiger partial charge in [-0.3, -0.25) is 0 Å². The van der Waals surface area contributed by atoms with E-state index in [1.54, 1.807) is 11.8 Å². The molecule has 0 aromatic heterocycles. The van der Waals surface area contributed by atoms with Gasteiger partial charge < -0.3 is 14.2 Å². The molecular formula is C26H24F2O4S. The number of esters is 1. The molecule has 0 saturated carbocycles. The molecule has 33 heavy (non-hydrogen) atoms. The van der Waals surface area contributed by atoms with E-state index in [9.17, 15) is 13.6 Å². The van der Waals surface area contributed by atoms with E-state index in [2.05, 4.69) is 10.8 Å². The van der Waals surface area contributed by atoms with Crippen LogP contribution in [0.3, 0.4) is 0 Å². The van der Waals surface area contributed by atoms with Crippen LogP contribution in [0.4, 0.5) is 8.78 Å². The van der Waals surface area contributed by atoms with Crippen molar-refractivity contribution in [2.24, 2.45) is 0 Å². The fraction of sp³-hybridized carbons (Fsp3) is 0.269. The molecule has 4 rings (SSSR count). The molecule has 4 nitrogen and oxygen atoms in total. The highest BCUT2D eigenvalue weighted by Crippen LogP contribution is 2.38. The first-order chi connectivity index (χ1) is 16.0. The van der Waals surface area contributed by atoms with Crippen molar-refractivity contribution >= 4 is 17.7 Å². The Hall–Kier alpha value is -3.06. The Morgan fingerprint density at radius 1 is 0.970 bits per heavy atom. The molecule has 3 aromatic rings. The highest BCUT2D eigenvalue weighted by atomic mass is 32.2. The van der Waals surface area contributed by atoms with E-state index < -0.39 is 17.6 Å². The lowest BCUT2D eigenvalue weighted by Crippen LogP contribution is -2.13. The number of methoxy groups -OCH3 is 1. The highest BCUT2D eigenvalue weighted by Gasteiger charge is 2.20. The second kappa shape index (κ2) is 10.7. The lowest BCUT2D eigenvalue weighted by molar-refractivity contribution is -0.142. The van der Waals surface area contributed by atoms with Crippen molar-refractivity contribution in [3.05, 3.63) is 88.5 Å². The van der Waals surface area contributed by atoms with E-state index in [1.165, 1.54) is 35.3 Å². The summed E-state index contributed by atoms with van der Waals surface area (Å²) < 4.78 is 42.7. The molecule has 0 unspecified atom stereocenters.